The van der Waals surface area contributed by atoms with Gasteiger partial charge in [-0.15, -0.1) is 0 Å². The molecule has 3 heterocycles. The van der Waals surface area contributed by atoms with Crippen LogP contribution in [-0.4, -0.2) is 66.5 Å². The van der Waals surface area contributed by atoms with Crippen LogP contribution >= 0.6 is 0 Å². The normalized spacial score (nSPS) is 18.4. The number of methoxy groups -OCH3 is 1. The van der Waals surface area contributed by atoms with E-state index in [9.17, 15) is 14.4 Å². The van der Waals surface area contributed by atoms with Crippen LogP contribution in [0.4, 0.5) is 0 Å². The first-order valence-corrected chi connectivity index (χ1v) is 10.0. The molecule has 3 amide bonds. The topological polar surface area (TPSA) is 117 Å². The van der Waals surface area contributed by atoms with Gasteiger partial charge in [-0.25, -0.2) is 0 Å². The Kier molecular flexibility index (Phi) is 6.94. The number of carbonyl (C=O) groups is 3. The molecular weight excluding hydrogens is 388 g/mol. The highest BCUT2D eigenvalue weighted by atomic mass is 16.5. The minimum Gasteiger partial charge on any atom is -0.472 e. The molecule has 1 aliphatic heterocycles. The van der Waals surface area contributed by atoms with Crippen molar-refractivity contribution in [2.45, 2.75) is 31.7 Å². The second kappa shape index (κ2) is 9.62. The maximum atomic E-state index is 12.8. The fraction of sp³-hybridized carbons (Fsp3) is 0.476. The van der Waals surface area contributed by atoms with Crippen molar-refractivity contribution in [3.63, 3.8) is 0 Å². The van der Waals surface area contributed by atoms with Gasteiger partial charge in [0.2, 0.25) is 5.91 Å². The molecule has 2 aromatic heterocycles. The summed E-state index contributed by atoms with van der Waals surface area (Å²) in [6.07, 6.45) is 5.15. The molecule has 0 radical (unpaired) electrons. The van der Waals surface area contributed by atoms with Crippen molar-refractivity contribution in [2.75, 3.05) is 33.4 Å². The first-order chi connectivity index (χ1) is 14.5. The van der Waals surface area contributed by atoms with Crippen LogP contribution in [0.25, 0.3) is 0 Å². The second-order valence-electron chi connectivity index (χ2n) is 7.57. The first-order valence-electron chi connectivity index (χ1n) is 10.0. The number of likely N-dealkylation sites (tertiary alicyclic amines) is 1. The highest BCUT2D eigenvalue weighted by molar-refractivity contribution is 5.96. The lowest BCUT2D eigenvalue weighted by molar-refractivity contribution is -0.129. The molecule has 9 nitrogen and oxygen atoms in total. The van der Waals surface area contributed by atoms with Gasteiger partial charge in [0.15, 0.2) is 0 Å². The molecule has 1 atom stereocenters. The number of H-pyrrole nitrogens is 1. The van der Waals surface area contributed by atoms with Gasteiger partial charge in [-0.1, -0.05) is 13.3 Å². The molecule has 0 bridgehead atoms. The van der Waals surface area contributed by atoms with Crippen molar-refractivity contribution < 1.29 is 23.5 Å². The van der Waals surface area contributed by atoms with Gasteiger partial charge < -0.3 is 29.7 Å². The van der Waals surface area contributed by atoms with E-state index < -0.39 is 5.54 Å². The molecule has 1 aliphatic rings. The molecule has 0 aliphatic carbocycles. The lowest BCUT2D eigenvalue weighted by atomic mass is 9.99. The third-order valence-electron chi connectivity index (χ3n) is 5.20. The summed E-state index contributed by atoms with van der Waals surface area (Å²) in [5.74, 6) is -0.816. The zero-order chi connectivity index (χ0) is 21.6. The van der Waals surface area contributed by atoms with Crippen LogP contribution in [0.3, 0.4) is 0 Å². The zero-order valence-electron chi connectivity index (χ0n) is 17.3. The predicted octanol–water partition coefficient (Wildman–Crippen LogP) is 1.34. The number of carbonyl (C=O) groups excluding carboxylic acids is 3. The van der Waals surface area contributed by atoms with Gasteiger partial charge in [0.05, 0.1) is 30.5 Å². The number of rotatable bonds is 9. The van der Waals surface area contributed by atoms with Crippen LogP contribution < -0.4 is 10.6 Å². The molecule has 0 saturated carbocycles. The Labute approximate surface area is 175 Å². The Balaban J connectivity index is 1.58. The van der Waals surface area contributed by atoms with Gasteiger partial charge in [0.1, 0.15) is 12.0 Å². The third-order valence-corrected chi connectivity index (χ3v) is 5.20. The van der Waals surface area contributed by atoms with E-state index in [0.29, 0.717) is 30.8 Å². The summed E-state index contributed by atoms with van der Waals surface area (Å²) in [4.78, 5) is 42.1. The number of aromatic amines is 1. The largest absolute Gasteiger partial charge is 0.472 e. The number of ether oxygens (including phenoxy) is 1. The number of furan rings is 1. The van der Waals surface area contributed by atoms with E-state index >= 15 is 0 Å². The number of amides is 3. The number of aromatic nitrogens is 1. The van der Waals surface area contributed by atoms with Crippen LogP contribution in [-0.2, 0) is 16.0 Å². The van der Waals surface area contributed by atoms with Crippen molar-refractivity contribution in [3.05, 3.63) is 47.7 Å². The monoisotopic (exact) mass is 416 g/mol. The molecule has 3 rings (SSSR count). The zero-order valence-corrected chi connectivity index (χ0v) is 17.3. The van der Waals surface area contributed by atoms with Gasteiger partial charge >= 0.3 is 0 Å². The molecule has 1 fully saturated rings. The van der Waals surface area contributed by atoms with Gasteiger partial charge in [-0.2, -0.15) is 0 Å². The molecule has 3 N–H and O–H groups in total. The number of hydrogen-bond donors (Lipinski definition) is 3. The minimum atomic E-state index is -0.675. The molecule has 1 saturated heterocycles. The third kappa shape index (κ3) is 5.10. The molecule has 0 spiro atoms. The van der Waals surface area contributed by atoms with E-state index in [1.807, 2.05) is 6.07 Å². The fourth-order valence-electron chi connectivity index (χ4n) is 3.68. The summed E-state index contributed by atoms with van der Waals surface area (Å²) in [6.45, 7) is 3.02. The summed E-state index contributed by atoms with van der Waals surface area (Å²) in [6, 6.07) is 5.21. The van der Waals surface area contributed by atoms with E-state index in [2.05, 4.69) is 22.5 Å². The highest BCUT2D eigenvalue weighted by Gasteiger charge is 2.41. The quantitative estimate of drug-likeness (QED) is 0.570. The summed E-state index contributed by atoms with van der Waals surface area (Å²) in [5.41, 5.74) is 1.19. The maximum Gasteiger partial charge on any atom is 0.268 e. The molecule has 162 valence electrons. The summed E-state index contributed by atoms with van der Waals surface area (Å²) >= 11 is 0. The van der Waals surface area contributed by atoms with Crippen molar-refractivity contribution >= 4 is 17.7 Å². The number of nitrogens with zero attached hydrogens (tertiary/aromatic N) is 1. The Morgan fingerprint density at radius 2 is 2.10 bits per heavy atom. The predicted molar refractivity (Wildman–Crippen MR) is 109 cm³/mol. The van der Waals surface area contributed by atoms with Crippen LogP contribution in [0.15, 0.2) is 35.1 Å². The van der Waals surface area contributed by atoms with Crippen molar-refractivity contribution in [3.8, 4) is 0 Å². The van der Waals surface area contributed by atoms with Crippen molar-refractivity contribution in [1.29, 1.82) is 0 Å². The number of aryl methyl sites for hydroxylation is 1. The molecular formula is C21H28N4O5. The highest BCUT2D eigenvalue weighted by Crippen LogP contribution is 2.23. The lowest BCUT2D eigenvalue weighted by Gasteiger charge is -2.29. The van der Waals surface area contributed by atoms with Crippen molar-refractivity contribution in [2.24, 2.45) is 0 Å². The van der Waals surface area contributed by atoms with E-state index in [0.717, 1.165) is 18.5 Å². The Hall–Kier alpha value is -3.07. The van der Waals surface area contributed by atoms with Gasteiger partial charge in [-0.3, -0.25) is 14.4 Å². The smallest absolute Gasteiger partial charge is 0.268 e. The Morgan fingerprint density at radius 1 is 1.27 bits per heavy atom. The fourth-order valence-corrected chi connectivity index (χ4v) is 3.68. The molecule has 9 heteroatoms. The summed E-state index contributed by atoms with van der Waals surface area (Å²) in [7, 11) is 1.57. The molecule has 2 aromatic rings. The Bertz CT molecular complexity index is 876. The molecule has 30 heavy (non-hydrogen) atoms. The van der Waals surface area contributed by atoms with E-state index in [1.54, 1.807) is 18.1 Å². The molecule has 0 aromatic carbocycles. The van der Waals surface area contributed by atoms with E-state index in [4.69, 9.17) is 9.15 Å². The average Bonchev–Trinajstić information content (AvgIpc) is 3.47. The first kappa shape index (κ1) is 21.6. The van der Waals surface area contributed by atoms with Gasteiger partial charge in [-0.05, 0) is 31.0 Å². The average molecular weight is 416 g/mol. The summed E-state index contributed by atoms with van der Waals surface area (Å²) in [5, 5.41) is 5.64. The molecule has 1 unspecified atom stereocenters. The van der Waals surface area contributed by atoms with E-state index in [1.165, 1.54) is 18.6 Å². The number of nitrogens with one attached hydrogen (secondary N) is 3. The maximum absolute atomic E-state index is 12.8. The van der Waals surface area contributed by atoms with Crippen LogP contribution in [0, 0.1) is 0 Å². The lowest BCUT2D eigenvalue weighted by Crippen LogP contribution is -2.54. The second-order valence-corrected chi connectivity index (χ2v) is 7.57. The number of hydrogen-bond acceptors (Lipinski definition) is 5. The van der Waals surface area contributed by atoms with Gasteiger partial charge in [0, 0.05) is 25.9 Å². The van der Waals surface area contributed by atoms with Crippen molar-refractivity contribution in [1.82, 2.24) is 20.5 Å². The van der Waals surface area contributed by atoms with Crippen LogP contribution in [0.1, 0.15) is 46.3 Å². The minimum absolute atomic E-state index is 0.127. The standard InChI is InChI=1S/C21H28N4O5/c1-3-4-16-5-6-17(23-16)20(28)24-21(14-29-2)8-9-25(13-21)18(26)11-22-19(27)15-7-10-30-12-15/h5-7,10,12,23H,3-4,8-9,11,13-14H2,1-2H3,(H,22,27)(H,24,28). The van der Waals surface area contributed by atoms with Crippen LogP contribution in [0.2, 0.25) is 0 Å². The van der Waals surface area contributed by atoms with E-state index in [-0.39, 0.29) is 30.9 Å². The van der Waals surface area contributed by atoms with Gasteiger partial charge in [0.25, 0.3) is 11.8 Å². The Morgan fingerprint density at radius 3 is 2.80 bits per heavy atom. The summed E-state index contributed by atoms with van der Waals surface area (Å²) < 4.78 is 10.2. The SMILES string of the molecule is CCCc1ccc(C(=O)NC2(COC)CCN(C(=O)CNC(=O)c3ccoc3)C2)[nH]1. The van der Waals surface area contributed by atoms with Crippen LogP contribution in [0.5, 0.6) is 0 Å².